The number of rotatable bonds is 5. The summed E-state index contributed by atoms with van der Waals surface area (Å²) < 4.78 is 40.3. The van der Waals surface area contributed by atoms with Crippen LogP contribution in [-0.2, 0) is 12.6 Å². The summed E-state index contributed by atoms with van der Waals surface area (Å²) in [6, 6.07) is 8.07. The Morgan fingerprint density at radius 1 is 1.26 bits per heavy atom. The number of pyridine rings is 1. The molecule has 2 aromatic heterocycles. The van der Waals surface area contributed by atoms with Crippen LogP contribution in [0.3, 0.4) is 0 Å². The molecule has 0 saturated heterocycles. The van der Waals surface area contributed by atoms with Crippen molar-refractivity contribution in [1.82, 2.24) is 14.6 Å². The number of Topliss-reactive ketones (excluding diaryl/α,β-unsaturated/α-hetero) is 1. The maximum absolute atomic E-state index is 13.0. The smallest absolute Gasteiger partial charge is 0.293 e. The van der Waals surface area contributed by atoms with Crippen LogP contribution in [-0.4, -0.2) is 25.6 Å². The van der Waals surface area contributed by atoms with E-state index in [2.05, 4.69) is 10.2 Å². The van der Waals surface area contributed by atoms with Crippen molar-refractivity contribution in [3.63, 3.8) is 0 Å². The van der Waals surface area contributed by atoms with Crippen LogP contribution >= 0.6 is 23.4 Å². The van der Waals surface area contributed by atoms with Gasteiger partial charge in [0.1, 0.15) is 0 Å². The standard InChI is InChI=1S/C18H15ClF3N3OS/c1-3-11-4-6-12(7-5-11)15(26)10(2)27-17-24-23-16-14(19)8-13(9-25(16)17)18(20,21)22/h4-10H,3H2,1-2H3/t10-/m0/s1. The number of carbonyl (C=O) groups is 1. The number of thioether (sulfide) groups is 1. The normalized spacial score (nSPS) is 13.1. The molecule has 0 N–H and O–H groups in total. The van der Waals surface area contributed by atoms with Gasteiger partial charge in [0.25, 0.3) is 0 Å². The topological polar surface area (TPSA) is 47.3 Å². The summed E-state index contributed by atoms with van der Waals surface area (Å²) in [7, 11) is 0. The van der Waals surface area contributed by atoms with Crippen LogP contribution in [0.2, 0.25) is 5.02 Å². The Kier molecular flexibility index (Phi) is 5.48. The average molecular weight is 414 g/mol. The first kappa shape index (κ1) is 19.7. The summed E-state index contributed by atoms with van der Waals surface area (Å²) in [5.74, 6) is -0.141. The molecule has 0 bridgehead atoms. The molecule has 0 spiro atoms. The Bertz CT molecular complexity index is 986. The summed E-state index contributed by atoms with van der Waals surface area (Å²) in [6.45, 7) is 3.70. The number of benzene rings is 1. The number of ketones is 1. The van der Waals surface area contributed by atoms with Gasteiger partial charge in [0.2, 0.25) is 0 Å². The van der Waals surface area contributed by atoms with E-state index >= 15 is 0 Å². The average Bonchev–Trinajstić information content (AvgIpc) is 3.04. The minimum absolute atomic E-state index is 0.110. The number of hydrogen-bond acceptors (Lipinski definition) is 4. The fourth-order valence-electron chi connectivity index (χ4n) is 2.52. The molecule has 0 fully saturated rings. The number of nitrogens with zero attached hydrogens (tertiary/aromatic N) is 3. The van der Waals surface area contributed by atoms with Gasteiger partial charge in [-0.3, -0.25) is 9.20 Å². The van der Waals surface area contributed by atoms with Gasteiger partial charge in [0.15, 0.2) is 16.6 Å². The fourth-order valence-corrected chi connectivity index (χ4v) is 3.67. The third-order valence-corrected chi connectivity index (χ3v) is 5.39. The Hall–Kier alpha value is -2.06. The van der Waals surface area contributed by atoms with E-state index in [1.54, 1.807) is 19.1 Å². The first-order valence-corrected chi connectivity index (χ1v) is 9.37. The molecule has 27 heavy (non-hydrogen) atoms. The molecule has 9 heteroatoms. The zero-order valence-corrected chi connectivity index (χ0v) is 16.0. The minimum atomic E-state index is -4.55. The van der Waals surface area contributed by atoms with Gasteiger partial charge in [-0.15, -0.1) is 10.2 Å². The molecule has 0 radical (unpaired) electrons. The number of aryl methyl sites for hydroxylation is 1. The molecule has 3 rings (SSSR count). The van der Waals surface area contributed by atoms with Gasteiger partial charge < -0.3 is 0 Å². The van der Waals surface area contributed by atoms with Crippen molar-refractivity contribution in [3.05, 3.63) is 58.2 Å². The SMILES string of the molecule is CCc1ccc(C(=O)[C@H](C)Sc2nnc3c(Cl)cc(C(F)(F)F)cn23)cc1. The number of aromatic nitrogens is 3. The molecule has 2 heterocycles. The van der Waals surface area contributed by atoms with E-state index in [-0.39, 0.29) is 21.6 Å². The lowest BCUT2D eigenvalue weighted by Crippen LogP contribution is -2.14. The summed E-state index contributed by atoms with van der Waals surface area (Å²) in [6.07, 6.45) is -2.80. The van der Waals surface area contributed by atoms with Gasteiger partial charge >= 0.3 is 6.18 Å². The van der Waals surface area contributed by atoms with Gasteiger partial charge in [0.05, 0.1) is 15.8 Å². The molecule has 1 aromatic carbocycles. The second kappa shape index (κ2) is 7.52. The number of halogens is 4. The number of hydrogen-bond donors (Lipinski definition) is 0. The molecule has 0 aliphatic rings. The van der Waals surface area contributed by atoms with Crippen molar-refractivity contribution in [2.24, 2.45) is 0 Å². The second-order valence-electron chi connectivity index (χ2n) is 5.93. The predicted octanol–water partition coefficient (Wildman–Crippen LogP) is 5.33. The highest BCUT2D eigenvalue weighted by molar-refractivity contribution is 8.00. The van der Waals surface area contributed by atoms with Crippen LogP contribution in [0.25, 0.3) is 5.65 Å². The van der Waals surface area contributed by atoms with Gasteiger partial charge in [-0.1, -0.05) is 54.6 Å². The van der Waals surface area contributed by atoms with Crippen LogP contribution in [0.1, 0.15) is 35.3 Å². The maximum Gasteiger partial charge on any atom is 0.417 e. The van der Waals surface area contributed by atoms with Crippen LogP contribution in [0.5, 0.6) is 0 Å². The summed E-state index contributed by atoms with van der Waals surface area (Å²) in [5.41, 5.74) is 0.856. The lowest BCUT2D eigenvalue weighted by atomic mass is 10.1. The quantitative estimate of drug-likeness (QED) is 0.419. The van der Waals surface area contributed by atoms with Crippen LogP contribution in [0.15, 0.2) is 41.7 Å². The number of fused-ring (bicyclic) bond motifs is 1. The Labute approximate surface area is 162 Å². The van der Waals surface area contributed by atoms with E-state index in [0.717, 1.165) is 36.0 Å². The fraction of sp³-hybridized carbons (Fsp3) is 0.278. The minimum Gasteiger partial charge on any atom is -0.293 e. The van der Waals surface area contributed by atoms with E-state index in [1.807, 2.05) is 19.1 Å². The first-order chi connectivity index (χ1) is 12.7. The summed E-state index contributed by atoms with van der Waals surface area (Å²) in [4.78, 5) is 12.6. The Morgan fingerprint density at radius 2 is 1.93 bits per heavy atom. The number of carbonyl (C=O) groups excluding carboxylic acids is 1. The van der Waals surface area contributed by atoms with E-state index in [9.17, 15) is 18.0 Å². The van der Waals surface area contributed by atoms with Crippen molar-refractivity contribution >= 4 is 34.8 Å². The molecular formula is C18H15ClF3N3OS. The van der Waals surface area contributed by atoms with Crippen LogP contribution in [0.4, 0.5) is 13.2 Å². The van der Waals surface area contributed by atoms with Crippen LogP contribution in [0, 0.1) is 0 Å². The van der Waals surface area contributed by atoms with E-state index in [1.165, 1.54) is 4.40 Å². The molecule has 0 aliphatic carbocycles. The predicted molar refractivity (Wildman–Crippen MR) is 98.5 cm³/mol. The number of alkyl halides is 3. The highest BCUT2D eigenvalue weighted by Crippen LogP contribution is 2.34. The lowest BCUT2D eigenvalue weighted by molar-refractivity contribution is -0.137. The van der Waals surface area contributed by atoms with Crippen molar-refractivity contribution in [2.45, 2.75) is 36.9 Å². The third-order valence-electron chi connectivity index (χ3n) is 4.05. The third kappa shape index (κ3) is 4.11. The Morgan fingerprint density at radius 3 is 2.52 bits per heavy atom. The molecule has 0 amide bonds. The van der Waals surface area contributed by atoms with Gasteiger partial charge in [-0.05, 0) is 25.0 Å². The molecule has 4 nitrogen and oxygen atoms in total. The van der Waals surface area contributed by atoms with Gasteiger partial charge in [-0.2, -0.15) is 13.2 Å². The van der Waals surface area contributed by atoms with E-state index in [4.69, 9.17) is 11.6 Å². The lowest BCUT2D eigenvalue weighted by Gasteiger charge is -2.11. The molecule has 0 saturated carbocycles. The molecule has 0 unspecified atom stereocenters. The highest BCUT2D eigenvalue weighted by atomic mass is 35.5. The van der Waals surface area contributed by atoms with E-state index in [0.29, 0.717) is 5.56 Å². The van der Waals surface area contributed by atoms with E-state index < -0.39 is 17.0 Å². The summed E-state index contributed by atoms with van der Waals surface area (Å²) in [5, 5.41) is 7.18. The largest absolute Gasteiger partial charge is 0.417 e. The van der Waals surface area contributed by atoms with Crippen molar-refractivity contribution in [2.75, 3.05) is 0 Å². The zero-order chi connectivity index (χ0) is 19.8. The second-order valence-corrected chi connectivity index (χ2v) is 7.64. The maximum atomic E-state index is 13.0. The van der Waals surface area contributed by atoms with Crippen LogP contribution < -0.4 is 0 Å². The zero-order valence-electron chi connectivity index (χ0n) is 14.4. The molecule has 1 atom stereocenters. The highest BCUT2D eigenvalue weighted by Gasteiger charge is 2.32. The molecule has 142 valence electrons. The molecule has 0 aliphatic heterocycles. The van der Waals surface area contributed by atoms with Crippen molar-refractivity contribution in [3.8, 4) is 0 Å². The van der Waals surface area contributed by atoms with Crippen molar-refractivity contribution in [1.29, 1.82) is 0 Å². The van der Waals surface area contributed by atoms with Crippen molar-refractivity contribution < 1.29 is 18.0 Å². The van der Waals surface area contributed by atoms with Gasteiger partial charge in [0, 0.05) is 11.8 Å². The van der Waals surface area contributed by atoms with Gasteiger partial charge in [-0.25, -0.2) is 0 Å². The summed E-state index contributed by atoms with van der Waals surface area (Å²) >= 11 is 6.94. The monoisotopic (exact) mass is 413 g/mol. The molecular weight excluding hydrogens is 399 g/mol. The Balaban J connectivity index is 1.89. The first-order valence-electron chi connectivity index (χ1n) is 8.12. The molecule has 3 aromatic rings.